The second kappa shape index (κ2) is 6.06. The molecule has 0 aliphatic rings. The standard InChI is InChI=1S/C15H16N2O3/c1-3-20-15(19)14-13(16-11(2)18)9-10-17(14)12-7-5-4-6-8-12/h4-10H,3H2,1-2H3,(H,16,18). The number of nitrogens with one attached hydrogen (secondary N) is 1. The molecule has 0 fully saturated rings. The normalized spacial score (nSPS) is 10.1. The Bertz CT molecular complexity index is 617. The van der Waals surface area contributed by atoms with Gasteiger partial charge in [0.25, 0.3) is 0 Å². The van der Waals surface area contributed by atoms with Crippen LogP contribution in [0.4, 0.5) is 5.69 Å². The number of ether oxygens (including phenoxy) is 1. The van der Waals surface area contributed by atoms with Gasteiger partial charge in [0.05, 0.1) is 12.3 Å². The molecule has 5 nitrogen and oxygen atoms in total. The number of nitrogens with zero attached hydrogens (tertiary/aromatic N) is 1. The van der Waals surface area contributed by atoms with E-state index >= 15 is 0 Å². The average Bonchev–Trinajstić information content (AvgIpc) is 2.83. The number of carbonyl (C=O) groups is 2. The quantitative estimate of drug-likeness (QED) is 0.870. The molecule has 0 radical (unpaired) electrons. The number of hydrogen-bond donors (Lipinski definition) is 1. The van der Waals surface area contributed by atoms with Crippen molar-refractivity contribution in [2.75, 3.05) is 11.9 Å². The van der Waals surface area contributed by atoms with Gasteiger partial charge in [-0.25, -0.2) is 4.79 Å². The minimum Gasteiger partial charge on any atom is -0.461 e. The summed E-state index contributed by atoms with van der Waals surface area (Å²) in [6.45, 7) is 3.42. The van der Waals surface area contributed by atoms with E-state index in [1.807, 2.05) is 30.3 Å². The third-order valence-electron chi connectivity index (χ3n) is 2.70. The lowest BCUT2D eigenvalue weighted by Gasteiger charge is -2.10. The highest BCUT2D eigenvalue weighted by Crippen LogP contribution is 2.22. The summed E-state index contributed by atoms with van der Waals surface area (Å²) in [5.74, 6) is -0.702. The van der Waals surface area contributed by atoms with Crippen molar-refractivity contribution in [1.29, 1.82) is 0 Å². The summed E-state index contributed by atoms with van der Waals surface area (Å²) in [5, 5.41) is 2.64. The van der Waals surface area contributed by atoms with Gasteiger partial charge in [-0.05, 0) is 25.1 Å². The Morgan fingerprint density at radius 1 is 1.20 bits per heavy atom. The highest BCUT2D eigenvalue weighted by atomic mass is 16.5. The molecule has 0 spiro atoms. The van der Waals surface area contributed by atoms with E-state index in [9.17, 15) is 9.59 Å². The number of anilines is 1. The molecule has 0 atom stereocenters. The Hall–Kier alpha value is -2.56. The van der Waals surface area contributed by atoms with E-state index in [1.54, 1.807) is 23.8 Å². The maximum atomic E-state index is 12.1. The zero-order chi connectivity index (χ0) is 14.5. The van der Waals surface area contributed by atoms with E-state index in [2.05, 4.69) is 5.32 Å². The highest BCUT2D eigenvalue weighted by molar-refractivity contribution is 6.00. The molecule has 104 valence electrons. The van der Waals surface area contributed by atoms with Crippen LogP contribution in [0.2, 0.25) is 0 Å². The molecule has 1 N–H and O–H groups in total. The third kappa shape index (κ3) is 2.88. The fourth-order valence-electron chi connectivity index (χ4n) is 1.93. The van der Waals surface area contributed by atoms with Crippen LogP contribution in [0.25, 0.3) is 5.69 Å². The van der Waals surface area contributed by atoms with Crippen LogP contribution in [0.1, 0.15) is 24.3 Å². The molecule has 1 aromatic heterocycles. The maximum Gasteiger partial charge on any atom is 0.357 e. The Kier molecular flexibility index (Phi) is 4.20. The molecule has 2 rings (SSSR count). The van der Waals surface area contributed by atoms with Gasteiger partial charge < -0.3 is 14.6 Å². The molecular formula is C15H16N2O3. The zero-order valence-electron chi connectivity index (χ0n) is 11.4. The number of benzene rings is 1. The van der Waals surface area contributed by atoms with Crippen LogP contribution < -0.4 is 5.32 Å². The Balaban J connectivity index is 2.49. The van der Waals surface area contributed by atoms with Gasteiger partial charge >= 0.3 is 5.97 Å². The van der Waals surface area contributed by atoms with Crippen molar-refractivity contribution in [3.63, 3.8) is 0 Å². The van der Waals surface area contributed by atoms with Crippen molar-refractivity contribution in [3.05, 3.63) is 48.3 Å². The number of aromatic nitrogens is 1. The van der Waals surface area contributed by atoms with E-state index in [0.29, 0.717) is 11.4 Å². The van der Waals surface area contributed by atoms with Gasteiger partial charge in [-0.15, -0.1) is 0 Å². The van der Waals surface area contributed by atoms with Gasteiger partial charge in [0.15, 0.2) is 5.69 Å². The van der Waals surface area contributed by atoms with Crippen LogP contribution in [-0.4, -0.2) is 23.1 Å². The van der Waals surface area contributed by atoms with E-state index in [0.717, 1.165) is 5.69 Å². The molecule has 0 saturated heterocycles. The fraction of sp³-hybridized carbons (Fsp3) is 0.200. The van der Waals surface area contributed by atoms with Gasteiger partial charge in [0.1, 0.15) is 0 Å². The topological polar surface area (TPSA) is 60.3 Å². The molecule has 0 bridgehead atoms. The SMILES string of the molecule is CCOC(=O)c1c(NC(C)=O)ccn1-c1ccccc1. The molecule has 1 aromatic carbocycles. The third-order valence-corrected chi connectivity index (χ3v) is 2.70. The summed E-state index contributed by atoms with van der Waals surface area (Å²) in [4.78, 5) is 23.3. The first-order valence-electron chi connectivity index (χ1n) is 6.35. The average molecular weight is 272 g/mol. The predicted octanol–water partition coefficient (Wildman–Crippen LogP) is 2.61. The Labute approximate surface area is 117 Å². The molecule has 0 aliphatic heterocycles. The monoisotopic (exact) mass is 272 g/mol. The van der Waals surface area contributed by atoms with Crippen LogP contribution in [0.15, 0.2) is 42.6 Å². The summed E-state index contributed by atoms with van der Waals surface area (Å²) >= 11 is 0. The second-order valence-electron chi connectivity index (χ2n) is 4.19. The maximum absolute atomic E-state index is 12.1. The van der Waals surface area contributed by atoms with Crippen molar-refractivity contribution >= 4 is 17.6 Å². The lowest BCUT2D eigenvalue weighted by molar-refractivity contribution is -0.114. The van der Waals surface area contributed by atoms with Gasteiger partial charge in [0.2, 0.25) is 5.91 Å². The van der Waals surface area contributed by atoms with Crippen LogP contribution in [-0.2, 0) is 9.53 Å². The van der Waals surface area contributed by atoms with Gasteiger partial charge in [-0.3, -0.25) is 4.79 Å². The molecular weight excluding hydrogens is 256 g/mol. The van der Waals surface area contributed by atoms with Gasteiger partial charge in [0, 0.05) is 18.8 Å². The van der Waals surface area contributed by atoms with E-state index in [-0.39, 0.29) is 12.5 Å². The van der Waals surface area contributed by atoms with Crippen molar-refractivity contribution in [2.45, 2.75) is 13.8 Å². The number of carbonyl (C=O) groups excluding carboxylic acids is 2. The summed E-state index contributed by atoms with van der Waals surface area (Å²) < 4.78 is 6.76. The lowest BCUT2D eigenvalue weighted by atomic mass is 10.3. The van der Waals surface area contributed by atoms with Crippen molar-refractivity contribution in [3.8, 4) is 5.69 Å². The van der Waals surface area contributed by atoms with Crippen molar-refractivity contribution in [2.24, 2.45) is 0 Å². The molecule has 1 amide bonds. The van der Waals surface area contributed by atoms with Crippen LogP contribution >= 0.6 is 0 Å². The van der Waals surface area contributed by atoms with E-state index in [4.69, 9.17) is 4.74 Å². The first-order valence-corrected chi connectivity index (χ1v) is 6.35. The first-order chi connectivity index (χ1) is 9.63. The number of amides is 1. The molecule has 20 heavy (non-hydrogen) atoms. The van der Waals surface area contributed by atoms with Crippen molar-refractivity contribution in [1.82, 2.24) is 4.57 Å². The Morgan fingerprint density at radius 3 is 2.50 bits per heavy atom. The van der Waals surface area contributed by atoms with E-state index < -0.39 is 5.97 Å². The number of hydrogen-bond acceptors (Lipinski definition) is 3. The minimum absolute atomic E-state index is 0.235. The molecule has 1 heterocycles. The molecule has 2 aromatic rings. The molecule has 0 aliphatic carbocycles. The fourth-order valence-corrected chi connectivity index (χ4v) is 1.93. The first kappa shape index (κ1) is 13.9. The highest BCUT2D eigenvalue weighted by Gasteiger charge is 2.19. The summed E-state index contributed by atoms with van der Waals surface area (Å²) in [7, 11) is 0. The van der Waals surface area contributed by atoms with Gasteiger partial charge in [-0.2, -0.15) is 0 Å². The summed E-state index contributed by atoms with van der Waals surface area (Å²) in [6.07, 6.45) is 1.73. The number of rotatable bonds is 4. The lowest BCUT2D eigenvalue weighted by Crippen LogP contribution is -2.15. The van der Waals surface area contributed by atoms with Gasteiger partial charge in [-0.1, -0.05) is 18.2 Å². The predicted molar refractivity (Wildman–Crippen MR) is 76.0 cm³/mol. The summed E-state index contributed by atoms with van der Waals surface area (Å²) in [6, 6.07) is 11.1. The number of esters is 1. The zero-order valence-corrected chi connectivity index (χ0v) is 11.4. The summed E-state index contributed by atoms with van der Waals surface area (Å²) in [5.41, 5.74) is 1.58. The van der Waals surface area contributed by atoms with E-state index in [1.165, 1.54) is 6.92 Å². The minimum atomic E-state index is -0.467. The van der Waals surface area contributed by atoms with Crippen molar-refractivity contribution < 1.29 is 14.3 Å². The Morgan fingerprint density at radius 2 is 1.90 bits per heavy atom. The second-order valence-corrected chi connectivity index (χ2v) is 4.19. The molecule has 5 heteroatoms. The van der Waals surface area contributed by atoms with Crippen LogP contribution in [0.5, 0.6) is 0 Å². The molecule has 0 unspecified atom stereocenters. The molecule has 0 saturated carbocycles. The number of para-hydroxylation sites is 1. The smallest absolute Gasteiger partial charge is 0.357 e. The largest absolute Gasteiger partial charge is 0.461 e. The van der Waals surface area contributed by atoms with Crippen LogP contribution in [0.3, 0.4) is 0 Å². The van der Waals surface area contributed by atoms with Crippen LogP contribution in [0, 0.1) is 0 Å².